The van der Waals surface area contributed by atoms with Crippen molar-refractivity contribution in [3.8, 4) is 34.1 Å². The molecule has 0 bridgehead atoms. The first-order chi connectivity index (χ1) is 15.3. The molecule has 2 aromatic rings. The third kappa shape index (κ3) is 6.14. The Hall–Kier alpha value is -4.72. The molecule has 0 aliphatic carbocycles. The van der Waals surface area contributed by atoms with Crippen LogP contribution in [-0.2, 0) is 19.2 Å². The average molecular weight is 434 g/mol. The Balaban J connectivity index is 2.58. The van der Waals surface area contributed by atoms with E-state index in [1.165, 1.54) is 36.4 Å². The molecule has 0 spiro atoms. The molecular weight excluding hydrogens is 416 g/mol. The standard InChI is InChI=1S/C24H18O8/c1-5-21(25)29-16-10-11-17(19(14-16)31-23(27)7-3)15-9-12-18(30-22(26)6-2)20(13-15)32-24(28)8-4/h5-14H,1-4H2. The van der Waals surface area contributed by atoms with Crippen LogP contribution < -0.4 is 18.9 Å². The summed E-state index contributed by atoms with van der Waals surface area (Å²) in [5.74, 6) is -3.02. The summed E-state index contributed by atoms with van der Waals surface area (Å²) < 4.78 is 20.6. The van der Waals surface area contributed by atoms with E-state index in [0.717, 1.165) is 24.3 Å². The molecule has 0 aliphatic heterocycles. The first kappa shape index (κ1) is 23.6. The summed E-state index contributed by atoms with van der Waals surface area (Å²) in [5, 5.41) is 0. The highest BCUT2D eigenvalue weighted by Gasteiger charge is 2.17. The SMILES string of the molecule is C=CC(=O)Oc1ccc(-c2ccc(OC(=O)C=C)c(OC(=O)C=C)c2)c(OC(=O)C=C)c1. The van der Waals surface area contributed by atoms with Gasteiger partial charge in [0.25, 0.3) is 0 Å². The molecule has 162 valence electrons. The molecule has 0 saturated heterocycles. The minimum atomic E-state index is -0.789. The molecule has 0 N–H and O–H groups in total. The van der Waals surface area contributed by atoms with Crippen molar-refractivity contribution < 1.29 is 38.1 Å². The number of ether oxygens (including phenoxy) is 4. The van der Waals surface area contributed by atoms with Crippen molar-refractivity contribution in [1.29, 1.82) is 0 Å². The van der Waals surface area contributed by atoms with Crippen molar-refractivity contribution in [3.63, 3.8) is 0 Å². The summed E-state index contributed by atoms with van der Waals surface area (Å²) >= 11 is 0. The average Bonchev–Trinajstić information content (AvgIpc) is 2.79. The van der Waals surface area contributed by atoms with Gasteiger partial charge in [-0.2, -0.15) is 0 Å². The van der Waals surface area contributed by atoms with Gasteiger partial charge in [0.2, 0.25) is 0 Å². The zero-order chi connectivity index (χ0) is 23.7. The number of esters is 4. The molecule has 0 aromatic heterocycles. The Morgan fingerprint density at radius 2 is 1.06 bits per heavy atom. The topological polar surface area (TPSA) is 105 Å². The van der Waals surface area contributed by atoms with E-state index in [0.29, 0.717) is 11.1 Å². The Bertz CT molecular complexity index is 1130. The lowest BCUT2D eigenvalue weighted by Crippen LogP contribution is -2.09. The maximum absolute atomic E-state index is 11.8. The van der Waals surface area contributed by atoms with Crippen LogP contribution >= 0.6 is 0 Å². The van der Waals surface area contributed by atoms with Gasteiger partial charge in [-0.15, -0.1) is 0 Å². The summed E-state index contributed by atoms with van der Waals surface area (Å²) in [6, 6.07) is 8.60. The molecule has 0 unspecified atom stereocenters. The second-order valence-corrected chi connectivity index (χ2v) is 5.82. The fourth-order valence-electron chi connectivity index (χ4n) is 2.34. The van der Waals surface area contributed by atoms with Crippen LogP contribution in [0.3, 0.4) is 0 Å². The van der Waals surface area contributed by atoms with Gasteiger partial charge < -0.3 is 18.9 Å². The molecule has 0 heterocycles. The van der Waals surface area contributed by atoms with E-state index in [-0.39, 0.29) is 23.0 Å². The van der Waals surface area contributed by atoms with Crippen LogP contribution in [0, 0.1) is 0 Å². The van der Waals surface area contributed by atoms with E-state index >= 15 is 0 Å². The number of hydrogen-bond donors (Lipinski definition) is 0. The molecule has 0 amide bonds. The number of carbonyl (C=O) groups is 4. The minimum absolute atomic E-state index is 0.0288. The summed E-state index contributed by atoms with van der Waals surface area (Å²) in [6.45, 7) is 13.3. The molecule has 0 saturated carbocycles. The minimum Gasteiger partial charge on any atom is -0.423 e. The molecule has 0 aliphatic rings. The smallest absolute Gasteiger partial charge is 0.335 e. The first-order valence-corrected chi connectivity index (χ1v) is 8.96. The van der Waals surface area contributed by atoms with E-state index < -0.39 is 23.9 Å². The Labute approximate surface area is 183 Å². The highest BCUT2D eigenvalue weighted by atomic mass is 16.6. The predicted molar refractivity (Wildman–Crippen MR) is 115 cm³/mol. The summed E-state index contributed by atoms with van der Waals surface area (Å²) in [7, 11) is 0. The van der Waals surface area contributed by atoms with Gasteiger partial charge in [0.15, 0.2) is 11.5 Å². The van der Waals surface area contributed by atoms with E-state index in [4.69, 9.17) is 18.9 Å². The van der Waals surface area contributed by atoms with E-state index in [1.54, 1.807) is 0 Å². The fraction of sp³-hybridized carbons (Fsp3) is 0. The molecule has 8 nitrogen and oxygen atoms in total. The lowest BCUT2D eigenvalue weighted by atomic mass is 10.0. The summed E-state index contributed by atoms with van der Waals surface area (Å²) in [4.78, 5) is 46.6. The van der Waals surface area contributed by atoms with Crippen molar-refractivity contribution in [3.05, 3.63) is 87.0 Å². The van der Waals surface area contributed by atoms with Crippen molar-refractivity contribution in [1.82, 2.24) is 0 Å². The summed E-state index contributed by atoms with van der Waals surface area (Å²) in [6.07, 6.45) is 3.82. The molecule has 2 rings (SSSR count). The second kappa shape index (κ2) is 10.9. The van der Waals surface area contributed by atoms with Crippen molar-refractivity contribution in [2.75, 3.05) is 0 Å². The second-order valence-electron chi connectivity index (χ2n) is 5.82. The van der Waals surface area contributed by atoms with Crippen molar-refractivity contribution in [2.24, 2.45) is 0 Å². The van der Waals surface area contributed by atoms with Gasteiger partial charge in [0.05, 0.1) is 0 Å². The van der Waals surface area contributed by atoms with Gasteiger partial charge in [-0.1, -0.05) is 32.4 Å². The Morgan fingerprint density at radius 1 is 0.562 bits per heavy atom. The zero-order valence-electron chi connectivity index (χ0n) is 16.9. The van der Waals surface area contributed by atoms with Gasteiger partial charge in [0.1, 0.15) is 11.5 Å². The molecular formula is C24H18O8. The Morgan fingerprint density at radius 3 is 1.62 bits per heavy atom. The monoisotopic (exact) mass is 434 g/mol. The lowest BCUT2D eigenvalue weighted by molar-refractivity contribution is -0.131. The van der Waals surface area contributed by atoms with Crippen LogP contribution in [0.5, 0.6) is 23.0 Å². The van der Waals surface area contributed by atoms with Gasteiger partial charge in [0, 0.05) is 35.9 Å². The zero-order valence-corrected chi connectivity index (χ0v) is 16.9. The van der Waals surface area contributed by atoms with Crippen LogP contribution in [0.25, 0.3) is 11.1 Å². The first-order valence-electron chi connectivity index (χ1n) is 8.96. The third-order valence-corrected chi connectivity index (χ3v) is 3.72. The highest BCUT2D eigenvalue weighted by Crippen LogP contribution is 2.38. The molecule has 32 heavy (non-hydrogen) atoms. The number of carbonyl (C=O) groups excluding carboxylic acids is 4. The van der Waals surface area contributed by atoms with Crippen molar-refractivity contribution >= 4 is 23.9 Å². The van der Waals surface area contributed by atoms with E-state index in [9.17, 15) is 19.2 Å². The quantitative estimate of drug-likeness (QED) is 0.334. The number of benzene rings is 2. The van der Waals surface area contributed by atoms with Gasteiger partial charge in [-0.25, -0.2) is 19.2 Å². The van der Waals surface area contributed by atoms with Crippen LogP contribution in [0.15, 0.2) is 87.0 Å². The summed E-state index contributed by atoms with van der Waals surface area (Å²) in [5.41, 5.74) is 0.792. The predicted octanol–water partition coefficient (Wildman–Crippen LogP) is 3.72. The van der Waals surface area contributed by atoms with Crippen LogP contribution in [0.1, 0.15) is 0 Å². The van der Waals surface area contributed by atoms with Gasteiger partial charge >= 0.3 is 23.9 Å². The maximum atomic E-state index is 11.8. The Kier molecular flexibility index (Phi) is 8.01. The number of rotatable bonds is 9. The van der Waals surface area contributed by atoms with E-state index in [2.05, 4.69) is 26.3 Å². The maximum Gasteiger partial charge on any atom is 0.335 e. The molecule has 8 heteroatoms. The normalized spacial score (nSPS) is 9.62. The van der Waals surface area contributed by atoms with Gasteiger partial charge in [-0.3, -0.25) is 0 Å². The highest BCUT2D eigenvalue weighted by molar-refractivity contribution is 5.89. The molecule has 2 aromatic carbocycles. The molecule has 0 fully saturated rings. The largest absolute Gasteiger partial charge is 0.423 e. The molecule has 0 radical (unpaired) electrons. The third-order valence-electron chi connectivity index (χ3n) is 3.72. The van der Waals surface area contributed by atoms with Crippen LogP contribution in [0.2, 0.25) is 0 Å². The molecule has 0 atom stereocenters. The van der Waals surface area contributed by atoms with E-state index in [1.807, 2.05) is 0 Å². The van der Waals surface area contributed by atoms with Crippen molar-refractivity contribution in [2.45, 2.75) is 0 Å². The van der Waals surface area contributed by atoms with Crippen LogP contribution in [0.4, 0.5) is 0 Å². The van der Waals surface area contributed by atoms with Gasteiger partial charge in [-0.05, 0) is 29.8 Å². The van der Waals surface area contributed by atoms with Crippen LogP contribution in [-0.4, -0.2) is 23.9 Å². The fourth-order valence-corrected chi connectivity index (χ4v) is 2.34. The number of hydrogen-bond acceptors (Lipinski definition) is 8. The lowest BCUT2D eigenvalue weighted by Gasteiger charge is -2.14.